The van der Waals surface area contributed by atoms with Crippen molar-refractivity contribution in [1.29, 1.82) is 0 Å². The lowest BCUT2D eigenvalue weighted by atomic mass is 10.0. The second-order valence-corrected chi connectivity index (χ2v) is 8.64. The Hall–Kier alpha value is -2.35. The predicted octanol–water partition coefficient (Wildman–Crippen LogP) is 3.15. The average Bonchev–Trinajstić information content (AvgIpc) is 2.68. The Morgan fingerprint density at radius 2 is 1.93 bits per heavy atom. The van der Waals surface area contributed by atoms with Crippen molar-refractivity contribution in [2.24, 2.45) is 0 Å². The average molecular weight is 405 g/mol. The number of nitrogens with one attached hydrogen (secondary N) is 1. The van der Waals surface area contributed by atoms with Gasteiger partial charge in [0.05, 0.1) is 10.7 Å². The molecule has 0 radical (unpaired) electrons. The summed E-state index contributed by atoms with van der Waals surface area (Å²) in [7, 11) is -3.78. The number of hydrogen-bond acceptors (Lipinski definition) is 4. The van der Waals surface area contributed by atoms with Gasteiger partial charge in [-0.1, -0.05) is 48.0 Å². The molecule has 0 fully saturated rings. The second-order valence-electron chi connectivity index (χ2n) is 6.32. The molecule has 0 unspecified atom stereocenters. The molecule has 0 spiro atoms. The zero-order chi connectivity index (χ0) is 19.0. The van der Waals surface area contributed by atoms with E-state index in [9.17, 15) is 13.2 Å². The first-order valence-electron chi connectivity index (χ1n) is 8.46. The van der Waals surface area contributed by atoms with Gasteiger partial charge in [0.2, 0.25) is 10.0 Å². The topological polar surface area (TPSA) is 75.7 Å². The van der Waals surface area contributed by atoms with Crippen molar-refractivity contribution >= 4 is 38.8 Å². The van der Waals surface area contributed by atoms with Gasteiger partial charge in [-0.05, 0) is 23.6 Å². The Bertz CT molecular complexity index is 1040. The minimum absolute atomic E-state index is 0.0179. The maximum Gasteiger partial charge on any atom is 0.262 e. The summed E-state index contributed by atoms with van der Waals surface area (Å²) in [5.74, 6) is -0.00103. The zero-order valence-electron chi connectivity index (χ0n) is 14.3. The van der Waals surface area contributed by atoms with E-state index in [4.69, 9.17) is 16.3 Å². The largest absolute Gasteiger partial charge is 0.482 e. The van der Waals surface area contributed by atoms with Crippen molar-refractivity contribution in [3.8, 4) is 5.75 Å². The first kappa shape index (κ1) is 18.0. The molecule has 0 aromatic heterocycles. The van der Waals surface area contributed by atoms with E-state index in [1.54, 1.807) is 0 Å². The third kappa shape index (κ3) is 3.45. The van der Waals surface area contributed by atoms with Crippen LogP contribution in [0.25, 0.3) is 5.57 Å². The molecule has 2 heterocycles. The fourth-order valence-electron chi connectivity index (χ4n) is 3.20. The monoisotopic (exact) mass is 404 g/mol. The van der Waals surface area contributed by atoms with Gasteiger partial charge in [-0.3, -0.25) is 4.79 Å². The molecule has 140 valence electrons. The van der Waals surface area contributed by atoms with Gasteiger partial charge >= 0.3 is 0 Å². The number of ether oxygens (including phenoxy) is 1. The number of rotatable bonds is 3. The first-order chi connectivity index (χ1) is 12.9. The number of amides is 1. The van der Waals surface area contributed by atoms with Crippen LogP contribution < -0.4 is 10.1 Å². The number of sulfonamides is 1. The number of halogens is 1. The Morgan fingerprint density at radius 1 is 1.15 bits per heavy atom. The molecule has 0 aliphatic carbocycles. The molecule has 2 aliphatic rings. The SMILES string of the molecule is O=C1COc2cc(S(=O)(=O)N3CC=C(c4ccccc4)CC3)c(Cl)cc2N1. The maximum absolute atomic E-state index is 13.1. The van der Waals surface area contributed by atoms with Gasteiger partial charge < -0.3 is 10.1 Å². The van der Waals surface area contributed by atoms with Crippen LogP contribution in [0.15, 0.2) is 53.4 Å². The van der Waals surface area contributed by atoms with Gasteiger partial charge in [-0.25, -0.2) is 8.42 Å². The third-order valence-electron chi connectivity index (χ3n) is 4.60. The van der Waals surface area contributed by atoms with E-state index in [2.05, 4.69) is 5.32 Å². The lowest BCUT2D eigenvalue weighted by Crippen LogP contribution is -2.35. The Balaban J connectivity index is 1.61. The summed E-state index contributed by atoms with van der Waals surface area (Å²) in [5, 5.41) is 2.67. The molecule has 4 rings (SSSR count). The van der Waals surface area contributed by atoms with E-state index < -0.39 is 10.0 Å². The minimum Gasteiger partial charge on any atom is -0.482 e. The minimum atomic E-state index is -3.78. The predicted molar refractivity (Wildman–Crippen MR) is 103 cm³/mol. The van der Waals surface area contributed by atoms with E-state index in [0.717, 1.165) is 11.1 Å². The fourth-order valence-corrected chi connectivity index (χ4v) is 5.10. The summed E-state index contributed by atoms with van der Waals surface area (Å²) in [6, 6.07) is 12.7. The number of benzene rings is 2. The lowest BCUT2D eigenvalue weighted by molar-refractivity contribution is -0.118. The van der Waals surface area contributed by atoms with Gasteiger partial charge in [0.15, 0.2) is 6.61 Å². The number of anilines is 1. The summed E-state index contributed by atoms with van der Waals surface area (Å²) >= 11 is 6.21. The summed E-state index contributed by atoms with van der Waals surface area (Å²) in [6.45, 7) is 0.493. The van der Waals surface area contributed by atoms with E-state index in [1.807, 2.05) is 36.4 Å². The molecule has 2 aliphatic heterocycles. The summed E-state index contributed by atoms with van der Waals surface area (Å²) in [4.78, 5) is 11.4. The van der Waals surface area contributed by atoms with E-state index in [0.29, 0.717) is 24.4 Å². The number of hydrogen-bond donors (Lipinski definition) is 1. The van der Waals surface area contributed by atoms with Crippen molar-refractivity contribution in [3.05, 3.63) is 59.1 Å². The molecule has 2 aromatic rings. The molecule has 6 nitrogen and oxygen atoms in total. The molecule has 1 amide bonds. The zero-order valence-corrected chi connectivity index (χ0v) is 15.9. The number of carbonyl (C=O) groups excluding carboxylic acids is 1. The molecule has 0 bridgehead atoms. The lowest BCUT2D eigenvalue weighted by Gasteiger charge is -2.27. The fraction of sp³-hybridized carbons (Fsp3) is 0.211. The molecular formula is C19H17ClN2O4S. The van der Waals surface area contributed by atoms with Crippen LogP contribution in [0.1, 0.15) is 12.0 Å². The van der Waals surface area contributed by atoms with Gasteiger partial charge in [0, 0.05) is 19.2 Å². The maximum atomic E-state index is 13.1. The molecule has 0 atom stereocenters. The van der Waals surface area contributed by atoms with E-state index in [1.165, 1.54) is 16.4 Å². The highest BCUT2D eigenvalue weighted by molar-refractivity contribution is 7.89. The van der Waals surface area contributed by atoms with Crippen LogP contribution in [0, 0.1) is 0 Å². The van der Waals surface area contributed by atoms with Gasteiger partial charge in [-0.15, -0.1) is 0 Å². The van der Waals surface area contributed by atoms with Crippen LogP contribution in [-0.2, 0) is 14.8 Å². The van der Waals surface area contributed by atoms with Crippen molar-refractivity contribution in [2.45, 2.75) is 11.3 Å². The quantitative estimate of drug-likeness (QED) is 0.852. The number of fused-ring (bicyclic) bond motifs is 1. The molecule has 1 N–H and O–H groups in total. The van der Waals surface area contributed by atoms with Gasteiger partial charge in [0.25, 0.3) is 5.91 Å². The molecule has 2 aromatic carbocycles. The van der Waals surface area contributed by atoms with Crippen LogP contribution in [0.4, 0.5) is 5.69 Å². The van der Waals surface area contributed by atoms with E-state index in [-0.39, 0.29) is 29.0 Å². The van der Waals surface area contributed by atoms with Crippen LogP contribution in [-0.4, -0.2) is 38.3 Å². The standard InChI is InChI=1S/C19H17ClN2O4S/c20-15-10-16-17(26-12-19(23)21-16)11-18(15)27(24,25)22-8-6-14(7-9-22)13-4-2-1-3-5-13/h1-6,10-11H,7-9,12H2,(H,21,23). The Kier molecular flexibility index (Phi) is 4.67. The normalized spacial score (nSPS) is 17.5. The van der Waals surface area contributed by atoms with Crippen LogP contribution >= 0.6 is 11.6 Å². The second kappa shape index (κ2) is 6.99. The molecule has 8 heteroatoms. The third-order valence-corrected chi connectivity index (χ3v) is 6.93. The highest BCUT2D eigenvalue weighted by Crippen LogP contribution is 2.37. The first-order valence-corrected chi connectivity index (χ1v) is 10.3. The van der Waals surface area contributed by atoms with Crippen molar-refractivity contribution in [2.75, 3.05) is 25.0 Å². The molecule has 0 saturated carbocycles. The smallest absolute Gasteiger partial charge is 0.262 e. The Labute approximate surface area is 162 Å². The van der Waals surface area contributed by atoms with E-state index >= 15 is 0 Å². The molecular weight excluding hydrogens is 388 g/mol. The summed E-state index contributed by atoms with van der Waals surface area (Å²) < 4.78 is 32.9. The van der Waals surface area contributed by atoms with Gasteiger partial charge in [-0.2, -0.15) is 4.31 Å². The van der Waals surface area contributed by atoms with Crippen molar-refractivity contribution in [1.82, 2.24) is 4.31 Å². The summed E-state index contributed by atoms with van der Waals surface area (Å²) in [5.41, 5.74) is 2.61. The number of carbonyl (C=O) groups is 1. The molecule has 27 heavy (non-hydrogen) atoms. The van der Waals surface area contributed by atoms with Gasteiger partial charge in [0.1, 0.15) is 10.6 Å². The Morgan fingerprint density at radius 3 is 2.63 bits per heavy atom. The highest BCUT2D eigenvalue weighted by Gasteiger charge is 2.30. The number of nitrogens with zero attached hydrogens (tertiary/aromatic N) is 1. The van der Waals surface area contributed by atoms with Crippen LogP contribution in [0.5, 0.6) is 5.75 Å². The molecule has 0 saturated heterocycles. The van der Waals surface area contributed by atoms with Crippen LogP contribution in [0.2, 0.25) is 5.02 Å². The summed E-state index contributed by atoms with van der Waals surface area (Å²) in [6.07, 6.45) is 2.55. The van der Waals surface area contributed by atoms with Crippen molar-refractivity contribution < 1.29 is 17.9 Å². The van der Waals surface area contributed by atoms with Crippen LogP contribution in [0.3, 0.4) is 0 Å². The highest BCUT2D eigenvalue weighted by atomic mass is 35.5. The van der Waals surface area contributed by atoms with Crippen molar-refractivity contribution in [3.63, 3.8) is 0 Å².